The Labute approximate surface area is 171 Å². The predicted octanol–water partition coefficient (Wildman–Crippen LogP) is 5.97. The molecule has 0 radical (unpaired) electrons. The first-order valence-corrected chi connectivity index (χ1v) is 9.19. The van der Waals surface area contributed by atoms with Crippen molar-refractivity contribution in [2.75, 3.05) is 4.90 Å². The number of hydrogen-bond acceptors (Lipinski definition) is 2. The predicted molar refractivity (Wildman–Crippen MR) is 111 cm³/mol. The van der Waals surface area contributed by atoms with E-state index in [0.29, 0.717) is 27.1 Å². The lowest BCUT2D eigenvalue weighted by atomic mass is 10.1. The second kappa shape index (κ2) is 7.58. The van der Waals surface area contributed by atoms with Crippen molar-refractivity contribution < 1.29 is 9.18 Å². The molecule has 0 bridgehead atoms. The Morgan fingerprint density at radius 1 is 0.893 bits per heavy atom. The van der Waals surface area contributed by atoms with E-state index in [2.05, 4.69) is 4.99 Å². The van der Waals surface area contributed by atoms with Crippen LogP contribution in [0.2, 0.25) is 10.0 Å². The molecular formula is C22H13Cl2FN2O. The van der Waals surface area contributed by atoms with Crippen LogP contribution in [0.25, 0.3) is 6.08 Å². The van der Waals surface area contributed by atoms with Gasteiger partial charge in [0, 0.05) is 10.6 Å². The molecule has 6 heteroatoms. The van der Waals surface area contributed by atoms with E-state index in [9.17, 15) is 9.18 Å². The second-order valence-corrected chi connectivity index (χ2v) is 6.96. The normalized spacial score (nSPS) is 15.2. The molecule has 3 nitrogen and oxygen atoms in total. The minimum atomic E-state index is -0.386. The molecule has 0 atom stereocenters. The lowest BCUT2D eigenvalue weighted by Crippen LogP contribution is -2.32. The van der Waals surface area contributed by atoms with Gasteiger partial charge in [-0.3, -0.25) is 9.69 Å². The number of amidine groups is 1. The third-order valence-corrected chi connectivity index (χ3v) is 4.81. The van der Waals surface area contributed by atoms with Crippen LogP contribution in [0.4, 0.5) is 10.1 Å². The molecule has 1 aliphatic rings. The number of carbonyl (C=O) groups excluding carboxylic acids is 1. The largest absolute Gasteiger partial charge is 0.282 e. The first kappa shape index (κ1) is 18.4. The van der Waals surface area contributed by atoms with Crippen LogP contribution in [0.5, 0.6) is 0 Å². The maximum atomic E-state index is 13.4. The summed E-state index contributed by atoms with van der Waals surface area (Å²) >= 11 is 12.3. The van der Waals surface area contributed by atoms with Gasteiger partial charge in [-0.2, -0.15) is 0 Å². The molecular weight excluding hydrogens is 398 g/mol. The van der Waals surface area contributed by atoms with Crippen LogP contribution < -0.4 is 4.90 Å². The molecule has 3 aromatic rings. The van der Waals surface area contributed by atoms with Crippen LogP contribution in [0.15, 0.2) is 83.5 Å². The minimum absolute atomic E-state index is 0.251. The number of anilines is 1. The fourth-order valence-corrected chi connectivity index (χ4v) is 3.23. The van der Waals surface area contributed by atoms with Gasteiger partial charge in [-0.1, -0.05) is 47.5 Å². The van der Waals surface area contributed by atoms with Crippen molar-refractivity contribution in [2.45, 2.75) is 0 Å². The molecule has 0 aromatic heterocycles. The van der Waals surface area contributed by atoms with Gasteiger partial charge in [0.05, 0.1) is 10.7 Å². The van der Waals surface area contributed by atoms with Gasteiger partial charge >= 0.3 is 0 Å². The van der Waals surface area contributed by atoms with Crippen LogP contribution in [0.3, 0.4) is 0 Å². The maximum Gasteiger partial charge on any atom is 0.282 e. The van der Waals surface area contributed by atoms with E-state index < -0.39 is 0 Å². The first-order chi connectivity index (χ1) is 13.5. The quantitative estimate of drug-likeness (QED) is 0.489. The van der Waals surface area contributed by atoms with Crippen LogP contribution >= 0.6 is 23.2 Å². The topological polar surface area (TPSA) is 32.7 Å². The van der Waals surface area contributed by atoms with Crippen LogP contribution in [-0.2, 0) is 4.79 Å². The number of aliphatic imine (C=N–C) groups is 1. The monoisotopic (exact) mass is 410 g/mol. The molecule has 3 aromatic carbocycles. The zero-order valence-electron chi connectivity index (χ0n) is 14.4. The maximum absolute atomic E-state index is 13.4. The average Bonchev–Trinajstić information content (AvgIpc) is 3.01. The van der Waals surface area contributed by atoms with Gasteiger partial charge in [0.25, 0.3) is 5.91 Å². The summed E-state index contributed by atoms with van der Waals surface area (Å²) in [5.74, 6) is -0.317. The number of halogens is 3. The summed E-state index contributed by atoms with van der Waals surface area (Å²) in [4.78, 5) is 19.1. The number of rotatable bonds is 3. The summed E-state index contributed by atoms with van der Waals surface area (Å²) in [6, 6.07) is 19.9. The highest BCUT2D eigenvalue weighted by Crippen LogP contribution is 2.30. The molecule has 0 saturated heterocycles. The third kappa shape index (κ3) is 3.57. The molecule has 0 aliphatic carbocycles. The van der Waals surface area contributed by atoms with Crippen molar-refractivity contribution in [1.82, 2.24) is 0 Å². The lowest BCUT2D eigenvalue weighted by Gasteiger charge is -2.19. The van der Waals surface area contributed by atoms with Gasteiger partial charge in [-0.25, -0.2) is 9.38 Å². The fraction of sp³-hybridized carbons (Fsp3) is 0. The molecule has 4 rings (SSSR count). The zero-order chi connectivity index (χ0) is 19.7. The number of amides is 1. The Balaban J connectivity index is 1.84. The van der Waals surface area contributed by atoms with E-state index in [1.54, 1.807) is 48.5 Å². The highest BCUT2D eigenvalue weighted by molar-refractivity contribution is 6.39. The smallest absolute Gasteiger partial charge is 0.266 e. The van der Waals surface area contributed by atoms with Gasteiger partial charge in [0.1, 0.15) is 17.3 Å². The summed E-state index contributed by atoms with van der Waals surface area (Å²) < 4.78 is 13.4. The number of benzene rings is 3. The lowest BCUT2D eigenvalue weighted by molar-refractivity contribution is -0.113. The number of nitrogens with zero attached hydrogens (tertiary/aromatic N) is 2. The minimum Gasteiger partial charge on any atom is -0.266 e. The summed E-state index contributed by atoms with van der Waals surface area (Å²) in [5, 5.41) is 1.07. The molecule has 1 heterocycles. The van der Waals surface area contributed by atoms with Crippen molar-refractivity contribution in [3.63, 3.8) is 0 Å². The first-order valence-electron chi connectivity index (χ1n) is 8.44. The van der Waals surface area contributed by atoms with Crippen molar-refractivity contribution in [2.24, 2.45) is 4.99 Å². The van der Waals surface area contributed by atoms with Crippen molar-refractivity contribution in [3.05, 3.63) is 105 Å². The van der Waals surface area contributed by atoms with E-state index >= 15 is 0 Å². The summed E-state index contributed by atoms with van der Waals surface area (Å²) in [7, 11) is 0. The highest BCUT2D eigenvalue weighted by Gasteiger charge is 2.33. The van der Waals surface area contributed by atoms with Crippen LogP contribution in [0, 0.1) is 5.82 Å². The van der Waals surface area contributed by atoms with Gasteiger partial charge in [0.15, 0.2) is 0 Å². The number of carbonyl (C=O) groups is 1. The molecule has 0 N–H and O–H groups in total. The Morgan fingerprint density at radius 2 is 1.57 bits per heavy atom. The Kier molecular flexibility index (Phi) is 4.99. The van der Waals surface area contributed by atoms with Gasteiger partial charge < -0.3 is 0 Å². The molecule has 0 spiro atoms. The van der Waals surface area contributed by atoms with Gasteiger partial charge in [0.2, 0.25) is 0 Å². The fourth-order valence-electron chi connectivity index (χ4n) is 2.89. The summed E-state index contributed by atoms with van der Waals surface area (Å²) in [5.41, 5.74) is 2.16. The Hall–Kier alpha value is -2.95. The van der Waals surface area contributed by atoms with E-state index in [1.807, 2.05) is 6.07 Å². The standard InChI is InChI=1S/C22H13Cl2FN2O/c23-15-7-5-14(6-8-15)13-20-22(28)27(17-11-9-16(25)10-12-17)21(26-20)18-3-1-2-4-19(18)24/h1-13H/b20-13+. The van der Waals surface area contributed by atoms with E-state index in [1.165, 1.54) is 29.2 Å². The SMILES string of the molecule is O=C1/C(=C\c2ccc(Cl)cc2)N=C(c2ccccc2Cl)N1c1ccc(F)cc1. The van der Waals surface area contributed by atoms with E-state index in [4.69, 9.17) is 23.2 Å². The molecule has 138 valence electrons. The molecule has 0 fully saturated rings. The second-order valence-electron chi connectivity index (χ2n) is 6.11. The molecule has 1 amide bonds. The van der Waals surface area contributed by atoms with Crippen molar-refractivity contribution >= 4 is 46.7 Å². The Morgan fingerprint density at radius 3 is 2.25 bits per heavy atom. The van der Waals surface area contributed by atoms with Crippen molar-refractivity contribution in [1.29, 1.82) is 0 Å². The molecule has 0 unspecified atom stereocenters. The third-order valence-electron chi connectivity index (χ3n) is 4.23. The van der Waals surface area contributed by atoms with E-state index in [-0.39, 0.29) is 17.4 Å². The van der Waals surface area contributed by atoms with Gasteiger partial charge in [-0.05, 0) is 60.2 Å². The van der Waals surface area contributed by atoms with Crippen LogP contribution in [0.1, 0.15) is 11.1 Å². The van der Waals surface area contributed by atoms with Crippen molar-refractivity contribution in [3.8, 4) is 0 Å². The average molecular weight is 411 g/mol. The highest BCUT2D eigenvalue weighted by atomic mass is 35.5. The molecule has 28 heavy (non-hydrogen) atoms. The number of hydrogen-bond donors (Lipinski definition) is 0. The zero-order valence-corrected chi connectivity index (χ0v) is 16.0. The Bertz CT molecular complexity index is 1110. The summed E-state index contributed by atoms with van der Waals surface area (Å²) in [6.07, 6.45) is 1.68. The van der Waals surface area contributed by atoms with Crippen LogP contribution in [-0.4, -0.2) is 11.7 Å². The van der Waals surface area contributed by atoms with E-state index in [0.717, 1.165) is 5.56 Å². The van der Waals surface area contributed by atoms with Gasteiger partial charge in [-0.15, -0.1) is 0 Å². The summed E-state index contributed by atoms with van der Waals surface area (Å²) in [6.45, 7) is 0. The molecule has 0 saturated carbocycles. The molecule has 1 aliphatic heterocycles.